The molecule has 5 aromatic rings. The van der Waals surface area contributed by atoms with Crippen molar-refractivity contribution in [2.45, 2.75) is 17.8 Å². The van der Waals surface area contributed by atoms with Gasteiger partial charge in [0.2, 0.25) is 0 Å². The maximum absolute atomic E-state index is 13.3. The van der Waals surface area contributed by atoms with E-state index in [1.54, 1.807) is 29.0 Å². The summed E-state index contributed by atoms with van der Waals surface area (Å²) in [6, 6.07) is 17.4. The Bertz CT molecular complexity index is 1480. The molecule has 0 saturated carbocycles. The number of para-hydroxylation sites is 1. The van der Waals surface area contributed by atoms with E-state index in [4.69, 9.17) is 4.98 Å². The number of aromatic nitrogens is 4. The van der Waals surface area contributed by atoms with Crippen LogP contribution in [0.4, 0.5) is 4.39 Å². The summed E-state index contributed by atoms with van der Waals surface area (Å²) in [7, 11) is 0. The number of hydrogen-bond donors (Lipinski definition) is 0. The number of hydrogen-bond acceptors (Lipinski definition) is 6. The van der Waals surface area contributed by atoms with Crippen molar-refractivity contribution in [2.75, 3.05) is 0 Å². The molecule has 3 aromatic heterocycles. The lowest BCUT2D eigenvalue weighted by atomic mass is 10.2. The van der Waals surface area contributed by atoms with Crippen LogP contribution in [0.3, 0.4) is 0 Å². The smallest absolute Gasteiger partial charge is 0.267 e. The monoisotopic (exact) mass is 460 g/mol. The highest BCUT2D eigenvalue weighted by Gasteiger charge is 2.15. The van der Waals surface area contributed by atoms with Crippen LogP contribution in [-0.4, -0.2) is 19.5 Å². The first kappa shape index (κ1) is 20.5. The molecule has 0 atom stereocenters. The standard InChI is InChI=1S/C24H17FN4OS2/c1-15-10-11-26-21(12-15)29-23(30)19-4-2-3-5-20(19)28-24(29)32-14-18-13-31-22(27-18)16-6-8-17(25)9-7-16/h2-13H,14H2,1H3. The minimum Gasteiger partial charge on any atom is -0.268 e. The zero-order valence-corrected chi connectivity index (χ0v) is 18.7. The molecule has 0 amide bonds. The molecule has 0 aliphatic carbocycles. The number of thioether (sulfide) groups is 1. The van der Waals surface area contributed by atoms with Crippen molar-refractivity contribution in [3.8, 4) is 16.4 Å². The van der Waals surface area contributed by atoms with Gasteiger partial charge in [-0.25, -0.2) is 23.9 Å². The summed E-state index contributed by atoms with van der Waals surface area (Å²) in [6.45, 7) is 1.96. The third-order valence-corrected chi connectivity index (χ3v) is 6.78. The van der Waals surface area contributed by atoms with Crippen molar-refractivity contribution in [2.24, 2.45) is 0 Å². The van der Waals surface area contributed by atoms with Crippen molar-refractivity contribution < 1.29 is 4.39 Å². The molecule has 0 aliphatic heterocycles. The molecule has 2 aromatic carbocycles. The lowest BCUT2D eigenvalue weighted by Crippen LogP contribution is -2.22. The highest BCUT2D eigenvalue weighted by atomic mass is 32.2. The number of fused-ring (bicyclic) bond motifs is 1. The Hall–Kier alpha value is -3.36. The van der Waals surface area contributed by atoms with E-state index in [0.29, 0.717) is 27.6 Å². The van der Waals surface area contributed by atoms with Crippen molar-refractivity contribution in [1.29, 1.82) is 0 Å². The predicted octanol–water partition coefficient (Wildman–Crippen LogP) is 5.64. The van der Waals surface area contributed by atoms with Gasteiger partial charge in [-0.15, -0.1) is 11.3 Å². The molecule has 0 saturated heterocycles. The number of thiazole rings is 1. The maximum Gasteiger partial charge on any atom is 0.267 e. The molecule has 0 radical (unpaired) electrons. The van der Waals surface area contributed by atoms with Gasteiger partial charge in [0.1, 0.15) is 16.6 Å². The second kappa shape index (κ2) is 8.64. The van der Waals surface area contributed by atoms with Crippen LogP contribution in [-0.2, 0) is 5.75 Å². The third-order valence-electron chi connectivity index (χ3n) is 4.87. The molecular formula is C24H17FN4OS2. The van der Waals surface area contributed by atoms with E-state index in [9.17, 15) is 9.18 Å². The molecule has 5 rings (SSSR count). The molecule has 0 N–H and O–H groups in total. The van der Waals surface area contributed by atoms with Gasteiger partial charge in [-0.3, -0.25) is 4.79 Å². The number of pyridine rings is 1. The van der Waals surface area contributed by atoms with Crippen LogP contribution < -0.4 is 5.56 Å². The van der Waals surface area contributed by atoms with Gasteiger partial charge < -0.3 is 0 Å². The van der Waals surface area contributed by atoms with E-state index in [0.717, 1.165) is 21.8 Å². The second-order valence-electron chi connectivity index (χ2n) is 7.18. The first-order valence-electron chi connectivity index (χ1n) is 9.86. The summed E-state index contributed by atoms with van der Waals surface area (Å²) in [4.78, 5) is 27.1. The fourth-order valence-electron chi connectivity index (χ4n) is 3.29. The van der Waals surface area contributed by atoms with E-state index in [1.165, 1.54) is 35.2 Å². The van der Waals surface area contributed by atoms with Crippen LogP contribution in [0.2, 0.25) is 0 Å². The highest BCUT2D eigenvalue weighted by molar-refractivity contribution is 7.98. The van der Waals surface area contributed by atoms with Crippen molar-refractivity contribution in [1.82, 2.24) is 19.5 Å². The fourth-order valence-corrected chi connectivity index (χ4v) is 5.12. The summed E-state index contributed by atoms with van der Waals surface area (Å²) in [6.07, 6.45) is 1.69. The summed E-state index contributed by atoms with van der Waals surface area (Å²) >= 11 is 2.94. The highest BCUT2D eigenvalue weighted by Crippen LogP contribution is 2.28. The van der Waals surface area contributed by atoms with Gasteiger partial charge in [-0.2, -0.15) is 0 Å². The molecule has 0 spiro atoms. The van der Waals surface area contributed by atoms with Crippen LogP contribution in [0.5, 0.6) is 0 Å². The first-order chi connectivity index (χ1) is 15.6. The minimum absolute atomic E-state index is 0.151. The van der Waals surface area contributed by atoms with Gasteiger partial charge in [0.05, 0.1) is 16.6 Å². The summed E-state index contributed by atoms with van der Waals surface area (Å²) in [5, 5.41) is 3.90. The predicted molar refractivity (Wildman–Crippen MR) is 127 cm³/mol. The summed E-state index contributed by atoms with van der Waals surface area (Å²) < 4.78 is 14.8. The first-order valence-corrected chi connectivity index (χ1v) is 11.7. The van der Waals surface area contributed by atoms with Gasteiger partial charge in [0.15, 0.2) is 5.16 Å². The van der Waals surface area contributed by atoms with Gasteiger partial charge in [0, 0.05) is 22.9 Å². The quantitative estimate of drug-likeness (QED) is 0.251. The van der Waals surface area contributed by atoms with E-state index in [-0.39, 0.29) is 11.4 Å². The Morgan fingerprint density at radius 1 is 1.06 bits per heavy atom. The normalized spacial score (nSPS) is 11.2. The molecule has 32 heavy (non-hydrogen) atoms. The SMILES string of the molecule is Cc1ccnc(-n2c(SCc3csc(-c4ccc(F)cc4)n3)nc3ccccc3c2=O)c1. The lowest BCUT2D eigenvalue weighted by Gasteiger charge is -2.12. The van der Waals surface area contributed by atoms with Crippen LogP contribution in [0, 0.1) is 12.7 Å². The Morgan fingerprint density at radius 2 is 1.88 bits per heavy atom. The topological polar surface area (TPSA) is 60.7 Å². The second-order valence-corrected chi connectivity index (χ2v) is 8.98. The van der Waals surface area contributed by atoms with Crippen LogP contribution >= 0.6 is 23.1 Å². The van der Waals surface area contributed by atoms with Crippen molar-refractivity contribution in [3.63, 3.8) is 0 Å². The van der Waals surface area contributed by atoms with E-state index in [1.807, 2.05) is 42.6 Å². The van der Waals surface area contributed by atoms with Crippen molar-refractivity contribution >= 4 is 34.0 Å². The van der Waals surface area contributed by atoms with Gasteiger partial charge >= 0.3 is 0 Å². The van der Waals surface area contributed by atoms with Crippen LogP contribution in [0.1, 0.15) is 11.3 Å². The van der Waals surface area contributed by atoms with Crippen LogP contribution in [0.15, 0.2) is 82.2 Å². The zero-order valence-electron chi connectivity index (χ0n) is 17.0. The lowest BCUT2D eigenvalue weighted by molar-refractivity contribution is 0.628. The van der Waals surface area contributed by atoms with E-state index in [2.05, 4.69) is 9.97 Å². The average Bonchev–Trinajstić information content (AvgIpc) is 3.27. The number of benzene rings is 2. The molecule has 5 nitrogen and oxygen atoms in total. The molecular weight excluding hydrogens is 443 g/mol. The molecule has 8 heteroatoms. The Kier molecular flexibility index (Phi) is 5.55. The van der Waals surface area contributed by atoms with Crippen molar-refractivity contribution in [3.05, 3.63) is 99.7 Å². The fraction of sp³-hybridized carbons (Fsp3) is 0.0833. The number of aryl methyl sites for hydroxylation is 1. The molecule has 3 heterocycles. The Balaban J connectivity index is 1.51. The molecule has 0 fully saturated rings. The minimum atomic E-state index is -0.272. The molecule has 0 bridgehead atoms. The van der Waals surface area contributed by atoms with Crippen LogP contribution in [0.25, 0.3) is 27.3 Å². The van der Waals surface area contributed by atoms with Gasteiger partial charge in [-0.05, 0) is 61.0 Å². The maximum atomic E-state index is 13.3. The molecule has 0 unspecified atom stereocenters. The Morgan fingerprint density at radius 3 is 2.69 bits per heavy atom. The summed E-state index contributed by atoms with van der Waals surface area (Å²) in [5.74, 6) is 0.807. The number of halogens is 1. The molecule has 0 aliphatic rings. The van der Waals surface area contributed by atoms with Gasteiger partial charge in [-0.1, -0.05) is 23.9 Å². The largest absolute Gasteiger partial charge is 0.268 e. The number of rotatable bonds is 5. The van der Waals surface area contributed by atoms with E-state index < -0.39 is 0 Å². The van der Waals surface area contributed by atoms with Gasteiger partial charge in [0.25, 0.3) is 5.56 Å². The summed E-state index contributed by atoms with van der Waals surface area (Å²) in [5.41, 5.74) is 3.24. The zero-order chi connectivity index (χ0) is 22.1. The molecule has 158 valence electrons. The Labute approximate surface area is 191 Å². The third kappa shape index (κ3) is 4.06. The number of nitrogens with zero attached hydrogens (tertiary/aromatic N) is 4. The van der Waals surface area contributed by atoms with E-state index >= 15 is 0 Å². The average molecular weight is 461 g/mol.